The second-order valence-electron chi connectivity index (χ2n) is 5.59. The number of carbonyl (C=O) groups is 1. The summed E-state index contributed by atoms with van der Waals surface area (Å²) in [6.07, 6.45) is 1.68. The number of hydrogen-bond donors (Lipinski definition) is 2. The lowest BCUT2D eigenvalue weighted by atomic mass is 10.1. The van der Waals surface area contributed by atoms with E-state index >= 15 is 0 Å². The van der Waals surface area contributed by atoms with Gasteiger partial charge in [-0.25, -0.2) is 9.78 Å². The molecule has 2 amide bonds. The zero-order valence-electron chi connectivity index (χ0n) is 14.5. The minimum atomic E-state index is -0.237. The third kappa shape index (κ3) is 4.61. The Kier molecular flexibility index (Phi) is 6.22. The topological polar surface area (TPSA) is 63.2 Å². The zero-order valence-corrected chi connectivity index (χ0v) is 15.3. The largest absolute Gasteiger partial charge is 0.478 e. The number of amides is 2. The van der Waals surface area contributed by atoms with Crippen molar-refractivity contribution in [2.45, 2.75) is 19.5 Å². The Labute approximate surface area is 157 Å². The molecule has 1 aromatic carbocycles. The maximum atomic E-state index is 12.5. The number of carbonyl (C=O) groups excluding carboxylic acids is 1. The molecule has 0 aliphatic heterocycles. The molecule has 3 rings (SSSR count). The van der Waals surface area contributed by atoms with Crippen LogP contribution in [0.25, 0.3) is 0 Å². The van der Waals surface area contributed by atoms with E-state index in [2.05, 4.69) is 15.6 Å². The Morgan fingerprint density at radius 3 is 2.73 bits per heavy atom. The first kappa shape index (κ1) is 17.9. The minimum Gasteiger partial charge on any atom is -0.478 e. The third-order valence-electron chi connectivity index (χ3n) is 3.81. The van der Waals surface area contributed by atoms with Crippen molar-refractivity contribution in [3.63, 3.8) is 0 Å². The quantitative estimate of drug-likeness (QED) is 0.660. The molecule has 0 unspecified atom stereocenters. The lowest BCUT2D eigenvalue weighted by Gasteiger charge is -2.19. The molecule has 0 aliphatic carbocycles. The zero-order chi connectivity index (χ0) is 18.2. The molecule has 3 aromatic rings. The molecule has 0 saturated carbocycles. The van der Waals surface area contributed by atoms with Crippen LogP contribution < -0.4 is 15.4 Å². The number of hydrogen-bond acceptors (Lipinski definition) is 4. The molecular weight excluding hydrogens is 346 g/mol. The van der Waals surface area contributed by atoms with Gasteiger partial charge >= 0.3 is 6.03 Å². The normalized spacial score (nSPS) is 11.6. The number of rotatable bonds is 7. The van der Waals surface area contributed by atoms with Gasteiger partial charge in [0.1, 0.15) is 0 Å². The number of thiophene rings is 1. The summed E-state index contributed by atoms with van der Waals surface area (Å²) in [5.41, 5.74) is 1.89. The van der Waals surface area contributed by atoms with Crippen molar-refractivity contribution in [1.82, 2.24) is 15.6 Å². The van der Waals surface area contributed by atoms with Crippen molar-refractivity contribution in [2.24, 2.45) is 0 Å². The molecule has 0 spiro atoms. The highest BCUT2D eigenvalue weighted by atomic mass is 32.1. The van der Waals surface area contributed by atoms with Crippen molar-refractivity contribution in [2.75, 3.05) is 6.61 Å². The van der Waals surface area contributed by atoms with E-state index in [0.717, 1.165) is 16.0 Å². The van der Waals surface area contributed by atoms with Crippen LogP contribution >= 0.6 is 11.3 Å². The molecule has 2 heterocycles. The fourth-order valence-electron chi connectivity index (χ4n) is 2.60. The second-order valence-corrected chi connectivity index (χ2v) is 6.57. The highest BCUT2D eigenvalue weighted by molar-refractivity contribution is 7.10. The highest BCUT2D eigenvalue weighted by Gasteiger charge is 2.17. The number of nitrogens with zero attached hydrogens (tertiary/aromatic N) is 1. The lowest BCUT2D eigenvalue weighted by molar-refractivity contribution is 0.238. The van der Waals surface area contributed by atoms with Crippen LogP contribution in [0.2, 0.25) is 0 Å². The van der Waals surface area contributed by atoms with Crippen LogP contribution in [0.3, 0.4) is 0 Å². The smallest absolute Gasteiger partial charge is 0.315 e. The molecule has 134 valence electrons. The van der Waals surface area contributed by atoms with Gasteiger partial charge < -0.3 is 15.4 Å². The van der Waals surface area contributed by atoms with Gasteiger partial charge in [-0.05, 0) is 30.0 Å². The molecule has 26 heavy (non-hydrogen) atoms. The first-order chi connectivity index (χ1) is 12.8. The summed E-state index contributed by atoms with van der Waals surface area (Å²) in [6.45, 7) is 2.79. The van der Waals surface area contributed by atoms with Gasteiger partial charge in [-0.1, -0.05) is 42.5 Å². The molecule has 0 radical (unpaired) electrons. The van der Waals surface area contributed by atoms with Crippen LogP contribution in [0.4, 0.5) is 4.79 Å². The summed E-state index contributed by atoms with van der Waals surface area (Å²) >= 11 is 1.62. The van der Waals surface area contributed by atoms with Crippen molar-refractivity contribution in [3.05, 3.63) is 82.2 Å². The van der Waals surface area contributed by atoms with Gasteiger partial charge in [0.05, 0.1) is 12.6 Å². The molecule has 1 atom stereocenters. The van der Waals surface area contributed by atoms with E-state index in [1.165, 1.54) is 0 Å². The van der Waals surface area contributed by atoms with Crippen molar-refractivity contribution < 1.29 is 9.53 Å². The summed E-state index contributed by atoms with van der Waals surface area (Å²) in [5, 5.41) is 7.96. The average Bonchev–Trinajstić information content (AvgIpc) is 3.21. The van der Waals surface area contributed by atoms with Crippen molar-refractivity contribution >= 4 is 17.4 Å². The number of urea groups is 1. The van der Waals surface area contributed by atoms with E-state index in [4.69, 9.17) is 4.74 Å². The van der Waals surface area contributed by atoms with Crippen LogP contribution in [-0.2, 0) is 6.54 Å². The fraction of sp³-hybridized carbons (Fsp3) is 0.200. The number of nitrogens with one attached hydrogen (secondary N) is 2. The Bertz CT molecular complexity index is 822. The Morgan fingerprint density at radius 1 is 1.15 bits per heavy atom. The Balaban J connectivity index is 1.67. The molecular formula is C20H21N3O2S. The van der Waals surface area contributed by atoms with E-state index < -0.39 is 0 Å². The molecule has 6 heteroatoms. The summed E-state index contributed by atoms with van der Waals surface area (Å²) in [7, 11) is 0. The van der Waals surface area contributed by atoms with Gasteiger partial charge in [-0.15, -0.1) is 11.3 Å². The van der Waals surface area contributed by atoms with Crippen LogP contribution in [-0.4, -0.2) is 17.6 Å². The first-order valence-corrected chi connectivity index (χ1v) is 9.35. The van der Waals surface area contributed by atoms with Gasteiger partial charge in [-0.2, -0.15) is 0 Å². The average molecular weight is 367 g/mol. The summed E-state index contributed by atoms with van der Waals surface area (Å²) < 4.78 is 5.50. The van der Waals surface area contributed by atoms with Gasteiger partial charge in [0, 0.05) is 23.2 Å². The van der Waals surface area contributed by atoms with E-state index in [1.54, 1.807) is 17.5 Å². The highest BCUT2D eigenvalue weighted by Crippen LogP contribution is 2.25. The number of ether oxygens (including phenoxy) is 1. The van der Waals surface area contributed by atoms with Crippen molar-refractivity contribution in [3.8, 4) is 5.88 Å². The first-order valence-electron chi connectivity index (χ1n) is 8.47. The molecule has 0 saturated heterocycles. The SMILES string of the molecule is CCOc1ncccc1CNC(=O)N[C@@H](c1ccccc1)c1cccs1. The Hall–Kier alpha value is -2.86. The van der Waals surface area contributed by atoms with Gasteiger partial charge in [-0.3, -0.25) is 0 Å². The van der Waals surface area contributed by atoms with E-state index in [-0.39, 0.29) is 12.1 Å². The third-order valence-corrected chi connectivity index (χ3v) is 4.74. The molecule has 5 nitrogen and oxygen atoms in total. The monoisotopic (exact) mass is 367 g/mol. The van der Waals surface area contributed by atoms with Crippen LogP contribution in [0.5, 0.6) is 5.88 Å². The van der Waals surface area contributed by atoms with E-state index in [0.29, 0.717) is 19.0 Å². The van der Waals surface area contributed by atoms with Gasteiger partial charge in [0.25, 0.3) is 0 Å². The molecule has 2 aromatic heterocycles. The maximum absolute atomic E-state index is 12.5. The van der Waals surface area contributed by atoms with Gasteiger partial charge in [0.15, 0.2) is 0 Å². The predicted molar refractivity (Wildman–Crippen MR) is 103 cm³/mol. The summed E-state index contributed by atoms with van der Waals surface area (Å²) in [4.78, 5) is 17.8. The van der Waals surface area contributed by atoms with E-state index in [1.807, 2.05) is 66.9 Å². The summed E-state index contributed by atoms with van der Waals surface area (Å²) in [5.74, 6) is 0.549. The maximum Gasteiger partial charge on any atom is 0.315 e. The molecule has 2 N–H and O–H groups in total. The Morgan fingerprint density at radius 2 is 2.00 bits per heavy atom. The molecule has 0 bridgehead atoms. The fourth-order valence-corrected chi connectivity index (χ4v) is 3.41. The van der Waals surface area contributed by atoms with Gasteiger partial charge in [0.2, 0.25) is 5.88 Å². The second kappa shape index (κ2) is 9.01. The van der Waals surface area contributed by atoms with Crippen LogP contribution in [0.15, 0.2) is 66.2 Å². The van der Waals surface area contributed by atoms with E-state index in [9.17, 15) is 4.79 Å². The number of pyridine rings is 1. The van der Waals surface area contributed by atoms with Crippen LogP contribution in [0, 0.1) is 0 Å². The summed E-state index contributed by atoms with van der Waals surface area (Å²) in [6, 6.07) is 17.2. The van der Waals surface area contributed by atoms with Crippen molar-refractivity contribution in [1.29, 1.82) is 0 Å². The predicted octanol–water partition coefficient (Wildman–Crippen LogP) is 4.13. The van der Waals surface area contributed by atoms with Crippen LogP contribution in [0.1, 0.15) is 29.0 Å². The standard InChI is InChI=1S/C20H21N3O2S/c1-2-25-19-16(10-6-12-21-19)14-22-20(24)23-18(17-11-7-13-26-17)15-8-4-3-5-9-15/h3-13,18H,2,14H2,1H3,(H2,22,23,24)/t18-/m0/s1. The lowest BCUT2D eigenvalue weighted by Crippen LogP contribution is -2.37. The minimum absolute atomic E-state index is 0.184. The number of aromatic nitrogens is 1. The number of benzene rings is 1. The molecule has 0 fully saturated rings. The molecule has 0 aliphatic rings.